The molecule has 0 amide bonds. The minimum Gasteiger partial charge on any atom is -0.378 e. The highest BCUT2D eigenvalue weighted by atomic mass is 32.1. The van der Waals surface area contributed by atoms with Crippen LogP contribution < -0.4 is 10.2 Å². The summed E-state index contributed by atoms with van der Waals surface area (Å²) < 4.78 is 5.25. The van der Waals surface area contributed by atoms with Crippen LogP contribution in [0, 0.1) is 0 Å². The number of nitrogens with zero attached hydrogens (tertiary/aromatic N) is 2. The van der Waals surface area contributed by atoms with E-state index in [-0.39, 0.29) is 0 Å². The van der Waals surface area contributed by atoms with Crippen molar-refractivity contribution in [3.05, 3.63) is 10.6 Å². The maximum absolute atomic E-state index is 5.25. The van der Waals surface area contributed by atoms with Gasteiger partial charge in [-0.05, 0) is 26.3 Å². The standard InChI is InChI=1S/C13H23N3OS/c1-4-14-8-12-11(9-17-3)15-13(18-12)16-7-5-6-10(16)2/h10,14H,4-9H2,1-3H3. The Hall–Kier alpha value is -0.650. The Labute approximate surface area is 113 Å². The van der Waals surface area contributed by atoms with Crippen LogP contribution in [0.4, 0.5) is 5.13 Å². The van der Waals surface area contributed by atoms with Gasteiger partial charge in [0.2, 0.25) is 0 Å². The number of hydrogen-bond acceptors (Lipinski definition) is 5. The first-order valence-corrected chi connectivity index (χ1v) is 7.52. The third-order valence-corrected chi connectivity index (χ3v) is 4.52. The molecule has 2 rings (SSSR count). The molecule has 0 saturated carbocycles. The van der Waals surface area contributed by atoms with Crippen LogP contribution in [0.5, 0.6) is 0 Å². The Morgan fingerprint density at radius 1 is 1.56 bits per heavy atom. The molecule has 4 nitrogen and oxygen atoms in total. The van der Waals surface area contributed by atoms with Crippen LogP contribution in [0.25, 0.3) is 0 Å². The van der Waals surface area contributed by atoms with Gasteiger partial charge in [0.1, 0.15) is 0 Å². The lowest BCUT2D eigenvalue weighted by Gasteiger charge is -2.19. The summed E-state index contributed by atoms with van der Waals surface area (Å²) in [5.41, 5.74) is 1.09. The zero-order valence-electron chi connectivity index (χ0n) is 11.5. The van der Waals surface area contributed by atoms with Gasteiger partial charge in [0.15, 0.2) is 5.13 Å². The van der Waals surface area contributed by atoms with E-state index in [1.165, 1.54) is 22.9 Å². The lowest BCUT2D eigenvalue weighted by Crippen LogP contribution is -2.25. The number of aromatic nitrogens is 1. The molecule has 1 N–H and O–H groups in total. The SMILES string of the molecule is CCNCc1sc(N2CCCC2C)nc1COC. The van der Waals surface area contributed by atoms with Gasteiger partial charge in [-0.1, -0.05) is 6.92 Å². The van der Waals surface area contributed by atoms with Gasteiger partial charge in [0, 0.05) is 31.1 Å². The fourth-order valence-electron chi connectivity index (χ4n) is 2.34. The van der Waals surface area contributed by atoms with Gasteiger partial charge in [-0.3, -0.25) is 0 Å². The Bertz CT molecular complexity index is 380. The molecule has 0 aliphatic carbocycles. The molecule has 1 aliphatic rings. The Balaban J connectivity index is 2.15. The fraction of sp³-hybridized carbons (Fsp3) is 0.769. The summed E-state index contributed by atoms with van der Waals surface area (Å²) in [6.45, 7) is 8.05. The highest BCUT2D eigenvalue weighted by Crippen LogP contribution is 2.31. The lowest BCUT2D eigenvalue weighted by atomic mass is 10.2. The molecule has 1 saturated heterocycles. The predicted molar refractivity (Wildman–Crippen MR) is 76.2 cm³/mol. The molecule has 1 aromatic rings. The molecule has 2 heterocycles. The average molecular weight is 269 g/mol. The third kappa shape index (κ3) is 3.02. The largest absolute Gasteiger partial charge is 0.378 e. The number of methoxy groups -OCH3 is 1. The molecule has 1 fully saturated rings. The van der Waals surface area contributed by atoms with Crippen molar-refractivity contribution < 1.29 is 4.74 Å². The molecule has 1 atom stereocenters. The second-order valence-corrected chi connectivity index (χ2v) is 5.83. The molecule has 0 bridgehead atoms. The average Bonchev–Trinajstić information content (AvgIpc) is 2.94. The molecule has 0 aromatic carbocycles. The molecule has 1 aliphatic heterocycles. The van der Waals surface area contributed by atoms with Gasteiger partial charge in [-0.2, -0.15) is 0 Å². The van der Waals surface area contributed by atoms with E-state index in [0.29, 0.717) is 12.6 Å². The normalized spacial score (nSPS) is 19.7. The topological polar surface area (TPSA) is 37.4 Å². The van der Waals surface area contributed by atoms with E-state index in [2.05, 4.69) is 24.1 Å². The van der Waals surface area contributed by atoms with Gasteiger partial charge < -0.3 is 15.0 Å². The van der Waals surface area contributed by atoms with E-state index in [0.717, 1.165) is 25.3 Å². The van der Waals surface area contributed by atoms with E-state index in [1.54, 1.807) is 7.11 Å². The first-order chi connectivity index (χ1) is 8.76. The van der Waals surface area contributed by atoms with Crippen molar-refractivity contribution in [3.8, 4) is 0 Å². The first-order valence-electron chi connectivity index (χ1n) is 6.71. The summed E-state index contributed by atoms with van der Waals surface area (Å²) in [6, 6.07) is 0.624. The predicted octanol–water partition coefficient (Wildman–Crippen LogP) is 2.39. The number of hydrogen-bond donors (Lipinski definition) is 1. The monoisotopic (exact) mass is 269 g/mol. The second-order valence-electron chi connectivity index (χ2n) is 4.76. The minimum atomic E-state index is 0.611. The van der Waals surface area contributed by atoms with Gasteiger partial charge in [0.05, 0.1) is 12.3 Å². The zero-order chi connectivity index (χ0) is 13.0. The van der Waals surface area contributed by atoms with E-state index >= 15 is 0 Å². The van der Waals surface area contributed by atoms with Crippen molar-refractivity contribution in [2.75, 3.05) is 25.1 Å². The molecule has 102 valence electrons. The molecule has 1 aromatic heterocycles. The highest BCUT2D eigenvalue weighted by molar-refractivity contribution is 7.15. The summed E-state index contributed by atoms with van der Waals surface area (Å²) in [4.78, 5) is 8.51. The van der Waals surface area contributed by atoms with Gasteiger partial charge in [0.25, 0.3) is 0 Å². The third-order valence-electron chi connectivity index (χ3n) is 3.38. The van der Waals surface area contributed by atoms with Crippen molar-refractivity contribution in [3.63, 3.8) is 0 Å². The van der Waals surface area contributed by atoms with Gasteiger partial charge in [-0.15, -0.1) is 11.3 Å². The van der Waals surface area contributed by atoms with E-state index < -0.39 is 0 Å². The maximum atomic E-state index is 5.25. The molecule has 5 heteroatoms. The van der Waals surface area contributed by atoms with Crippen molar-refractivity contribution in [1.82, 2.24) is 10.3 Å². The summed E-state index contributed by atoms with van der Waals surface area (Å²) in [7, 11) is 1.73. The van der Waals surface area contributed by atoms with Gasteiger partial charge >= 0.3 is 0 Å². The summed E-state index contributed by atoms with van der Waals surface area (Å²) in [5, 5.41) is 4.54. The van der Waals surface area contributed by atoms with Crippen molar-refractivity contribution in [1.29, 1.82) is 0 Å². The smallest absolute Gasteiger partial charge is 0.186 e. The number of anilines is 1. The molecule has 0 radical (unpaired) electrons. The molecule has 18 heavy (non-hydrogen) atoms. The van der Waals surface area contributed by atoms with E-state index in [4.69, 9.17) is 9.72 Å². The van der Waals surface area contributed by atoms with E-state index in [1.807, 2.05) is 11.3 Å². The molecular weight excluding hydrogens is 246 g/mol. The summed E-state index contributed by atoms with van der Waals surface area (Å²) in [5.74, 6) is 0. The Morgan fingerprint density at radius 2 is 2.39 bits per heavy atom. The van der Waals surface area contributed by atoms with Crippen LogP contribution in [0.15, 0.2) is 0 Å². The number of nitrogens with one attached hydrogen (secondary N) is 1. The highest BCUT2D eigenvalue weighted by Gasteiger charge is 2.24. The van der Waals surface area contributed by atoms with Gasteiger partial charge in [-0.25, -0.2) is 4.98 Å². The Kier molecular flexibility index (Phi) is 4.97. The second kappa shape index (κ2) is 6.50. The molecule has 1 unspecified atom stereocenters. The first kappa shape index (κ1) is 13.8. The number of rotatable bonds is 6. The van der Waals surface area contributed by atoms with Crippen molar-refractivity contribution in [2.24, 2.45) is 0 Å². The van der Waals surface area contributed by atoms with E-state index in [9.17, 15) is 0 Å². The maximum Gasteiger partial charge on any atom is 0.186 e. The minimum absolute atomic E-state index is 0.611. The van der Waals surface area contributed by atoms with Crippen LogP contribution in [0.2, 0.25) is 0 Å². The molecule has 0 spiro atoms. The summed E-state index contributed by atoms with van der Waals surface area (Å²) in [6.07, 6.45) is 2.56. The van der Waals surface area contributed by atoms with Crippen LogP contribution >= 0.6 is 11.3 Å². The zero-order valence-corrected chi connectivity index (χ0v) is 12.3. The summed E-state index contributed by atoms with van der Waals surface area (Å²) >= 11 is 1.81. The lowest BCUT2D eigenvalue weighted by molar-refractivity contribution is 0.181. The van der Waals surface area contributed by atoms with Crippen LogP contribution in [-0.4, -0.2) is 31.2 Å². The fourth-order valence-corrected chi connectivity index (χ4v) is 3.50. The number of ether oxygens (including phenoxy) is 1. The van der Waals surface area contributed by atoms with Crippen LogP contribution in [-0.2, 0) is 17.9 Å². The molecular formula is C13H23N3OS. The van der Waals surface area contributed by atoms with Crippen molar-refractivity contribution >= 4 is 16.5 Å². The number of thiazole rings is 1. The van der Waals surface area contributed by atoms with Crippen molar-refractivity contribution in [2.45, 2.75) is 45.9 Å². The quantitative estimate of drug-likeness (QED) is 0.860. The Morgan fingerprint density at radius 3 is 3.00 bits per heavy atom. The van der Waals surface area contributed by atoms with Crippen LogP contribution in [0.3, 0.4) is 0 Å². The van der Waals surface area contributed by atoms with Crippen LogP contribution in [0.1, 0.15) is 37.3 Å².